The molecule has 6 heteroatoms. The summed E-state index contributed by atoms with van der Waals surface area (Å²) in [4.78, 5) is 35.0. The zero-order valence-electron chi connectivity index (χ0n) is 14.7. The standard InChI is InChI=1S/C19H27N3O3/c1-3-4-5-6-7-8-12-17(18(20)24)22-19(25)15-10-9-11-16(13-15)21-14(2)23/h3,9-11,13,17H,1,4-8,12H2,2H3,(H2,20,24)(H,21,23)(H,22,25)/t17-/m1/s1. The SMILES string of the molecule is C=CCCCCCC[C@@H](NC(=O)c1cccc(NC(C)=O)c1)C(N)=O. The first-order valence-corrected chi connectivity index (χ1v) is 8.52. The van der Waals surface area contributed by atoms with Gasteiger partial charge in [0, 0.05) is 18.2 Å². The Morgan fingerprint density at radius 2 is 1.92 bits per heavy atom. The van der Waals surface area contributed by atoms with Crippen LogP contribution in [0.25, 0.3) is 0 Å². The zero-order chi connectivity index (χ0) is 18.7. The molecule has 0 aromatic heterocycles. The zero-order valence-corrected chi connectivity index (χ0v) is 14.7. The van der Waals surface area contributed by atoms with Crippen molar-refractivity contribution >= 4 is 23.4 Å². The van der Waals surface area contributed by atoms with Crippen molar-refractivity contribution in [3.8, 4) is 0 Å². The second kappa shape index (κ2) is 11.0. The van der Waals surface area contributed by atoms with Gasteiger partial charge in [0.15, 0.2) is 0 Å². The van der Waals surface area contributed by atoms with Crippen molar-refractivity contribution in [3.05, 3.63) is 42.5 Å². The molecule has 4 N–H and O–H groups in total. The van der Waals surface area contributed by atoms with E-state index in [0.717, 1.165) is 32.1 Å². The van der Waals surface area contributed by atoms with Crippen molar-refractivity contribution in [1.29, 1.82) is 0 Å². The van der Waals surface area contributed by atoms with E-state index in [1.54, 1.807) is 24.3 Å². The highest BCUT2D eigenvalue weighted by Gasteiger charge is 2.18. The highest BCUT2D eigenvalue weighted by Crippen LogP contribution is 2.12. The van der Waals surface area contributed by atoms with Gasteiger partial charge in [-0.2, -0.15) is 0 Å². The average molecular weight is 345 g/mol. The number of rotatable bonds is 11. The van der Waals surface area contributed by atoms with Crippen LogP contribution in [0, 0.1) is 0 Å². The molecular weight excluding hydrogens is 318 g/mol. The molecule has 1 aromatic rings. The van der Waals surface area contributed by atoms with E-state index in [9.17, 15) is 14.4 Å². The summed E-state index contributed by atoms with van der Waals surface area (Å²) in [6, 6.07) is 5.83. The lowest BCUT2D eigenvalue weighted by Crippen LogP contribution is -2.44. The lowest BCUT2D eigenvalue weighted by atomic mass is 10.0. The van der Waals surface area contributed by atoms with E-state index in [-0.39, 0.29) is 11.8 Å². The number of benzene rings is 1. The third-order valence-corrected chi connectivity index (χ3v) is 3.74. The van der Waals surface area contributed by atoms with Crippen LogP contribution in [0.1, 0.15) is 55.8 Å². The number of hydrogen-bond donors (Lipinski definition) is 3. The first-order valence-electron chi connectivity index (χ1n) is 8.52. The van der Waals surface area contributed by atoms with E-state index in [1.165, 1.54) is 6.92 Å². The number of amides is 3. The fourth-order valence-electron chi connectivity index (χ4n) is 2.46. The normalized spacial score (nSPS) is 11.4. The Labute approximate surface area is 148 Å². The highest BCUT2D eigenvalue weighted by atomic mass is 16.2. The minimum absolute atomic E-state index is 0.218. The summed E-state index contributed by atoms with van der Waals surface area (Å²) in [6.45, 7) is 5.08. The van der Waals surface area contributed by atoms with Crippen molar-refractivity contribution in [2.24, 2.45) is 5.73 Å². The Morgan fingerprint density at radius 1 is 1.20 bits per heavy atom. The van der Waals surface area contributed by atoms with Crippen molar-refractivity contribution in [2.75, 3.05) is 5.32 Å². The number of primary amides is 1. The van der Waals surface area contributed by atoms with Crippen molar-refractivity contribution < 1.29 is 14.4 Å². The summed E-state index contributed by atoms with van der Waals surface area (Å²) in [5.41, 5.74) is 6.29. The van der Waals surface area contributed by atoms with Gasteiger partial charge in [-0.3, -0.25) is 14.4 Å². The number of nitrogens with two attached hydrogens (primary N) is 1. The van der Waals surface area contributed by atoms with E-state index in [4.69, 9.17) is 5.73 Å². The molecule has 1 atom stereocenters. The van der Waals surface area contributed by atoms with Gasteiger partial charge in [-0.15, -0.1) is 6.58 Å². The maximum absolute atomic E-state index is 12.3. The van der Waals surface area contributed by atoms with Crippen LogP contribution in [0.3, 0.4) is 0 Å². The Hall–Kier alpha value is -2.63. The van der Waals surface area contributed by atoms with E-state index < -0.39 is 11.9 Å². The number of allylic oxidation sites excluding steroid dienone is 1. The summed E-state index contributed by atoms with van der Waals surface area (Å²) in [7, 11) is 0. The number of anilines is 1. The fraction of sp³-hybridized carbons (Fsp3) is 0.421. The molecule has 0 fully saturated rings. The minimum Gasteiger partial charge on any atom is -0.368 e. The molecule has 0 heterocycles. The highest BCUT2D eigenvalue weighted by molar-refractivity contribution is 5.99. The van der Waals surface area contributed by atoms with Gasteiger partial charge < -0.3 is 16.4 Å². The molecule has 6 nitrogen and oxygen atoms in total. The minimum atomic E-state index is -0.698. The second-order valence-corrected chi connectivity index (χ2v) is 5.97. The van der Waals surface area contributed by atoms with Crippen molar-refractivity contribution in [1.82, 2.24) is 5.32 Å². The molecular formula is C19H27N3O3. The van der Waals surface area contributed by atoms with Crippen LogP contribution in [0.4, 0.5) is 5.69 Å². The van der Waals surface area contributed by atoms with Crippen LogP contribution < -0.4 is 16.4 Å². The van der Waals surface area contributed by atoms with Gasteiger partial charge in [0.25, 0.3) is 5.91 Å². The van der Waals surface area contributed by atoms with Crippen LogP contribution in [0.15, 0.2) is 36.9 Å². The summed E-state index contributed by atoms with van der Waals surface area (Å²) < 4.78 is 0. The molecule has 3 amide bonds. The number of hydrogen-bond acceptors (Lipinski definition) is 3. The molecule has 25 heavy (non-hydrogen) atoms. The van der Waals surface area contributed by atoms with Gasteiger partial charge in [-0.05, 0) is 37.5 Å². The van der Waals surface area contributed by atoms with E-state index >= 15 is 0 Å². The summed E-state index contributed by atoms with van der Waals surface area (Å²) in [5, 5.41) is 5.29. The molecule has 0 aliphatic rings. The molecule has 136 valence electrons. The molecule has 1 rings (SSSR count). The van der Waals surface area contributed by atoms with Crippen molar-refractivity contribution in [2.45, 2.75) is 51.5 Å². The summed E-state index contributed by atoms with van der Waals surface area (Å²) >= 11 is 0. The third-order valence-electron chi connectivity index (χ3n) is 3.74. The average Bonchev–Trinajstić information content (AvgIpc) is 2.56. The van der Waals surface area contributed by atoms with Crippen LogP contribution in [-0.4, -0.2) is 23.8 Å². The molecule has 0 unspecified atom stereocenters. The largest absolute Gasteiger partial charge is 0.368 e. The first kappa shape index (κ1) is 20.4. The second-order valence-electron chi connectivity index (χ2n) is 5.97. The molecule has 0 spiro atoms. The molecule has 0 bridgehead atoms. The van der Waals surface area contributed by atoms with Gasteiger partial charge in [-0.25, -0.2) is 0 Å². The third kappa shape index (κ3) is 8.15. The van der Waals surface area contributed by atoms with Crippen molar-refractivity contribution in [3.63, 3.8) is 0 Å². The molecule has 0 aliphatic carbocycles. The van der Waals surface area contributed by atoms with Crippen LogP contribution in [0.2, 0.25) is 0 Å². The van der Waals surface area contributed by atoms with Gasteiger partial charge in [0.2, 0.25) is 11.8 Å². The molecule has 0 aliphatic heterocycles. The lowest BCUT2D eigenvalue weighted by Gasteiger charge is -2.16. The fourth-order valence-corrected chi connectivity index (χ4v) is 2.46. The van der Waals surface area contributed by atoms with Gasteiger partial charge >= 0.3 is 0 Å². The maximum Gasteiger partial charge on any atom is 0.252 e. The van der Waals surface area contributed by atoms with E-state index in [1.807, 2.05) is 6.08 Å². The first-order chi connectivity index (χ1) is 11.9. The van der Waals surface area contributed by atoms with Gasteiger partial charge in [-0.1, -0.05) is 31.4 Å². The predicted octanol–water partition coefficient (Wildman–Crippen LogP) is 2.76. The molecule has 0 radical (unpaired) electrons. The lowest BCUT2D eigenvalue weighted by molar-refractivity contribution is -0.120. The maximum atomic E-state index is 12.3. The Kier molecular flexibility index (Phi) is 9.00. The van der Waals surface area contributed by atoms with Crippen LogP contribution >= 0.6 is 0 Å². The molecule has 0 saturated heterocycles. The monoisotopic (exact) mass is 345 g/mol. The summed E-state index contributed by atoms with van der Waals surface area (Å²) in [5.74, 6) is -1.15. The van der Waals surface area contributed by atoms with Crippen LogP contribution in [-0.2, 0) is 9.59 Å². The number of carbonyl (C=O) groups excluding carboxylic acids is 3. The van der Waals surface area contributed by atoms with Gasteiger partial charge in [0.05, 0.1) is 0 Å². The Balaban J connectivity index is 2.56. The smallest absolute Gasteiger partial charge is 0.252 e. The van der Waals surface area contributed by atoms with E-state index in [0.29, 0.717) is 17.7 Å². The van der Waals surface area contributed by atoms with Crippen LogP contribution in [0.5, 0.6) is 0 Å². The topological polar surface area (TPSA) is 101 Å². The van der Waals surface area contributed by atoms with Gasteiger partial charge in [0.1, 0.15) is 6.04 Å². The Morgan fingerprint density at radius 3 is 2.56 bits per heavy atom. The number of carbonyl (C=O) groups is 3. The molecule has 1 aromatic carbocycles. The summed E-state index contributed by atoms with van der Waals surface area (Å²) in [6.07, 6.45) is 7.32. The molecule has 0 saturated carbocycles. The predicted molar refractivity (Wildman–Crippen MR) is 99.1 cm³/mol. The van der Waals surface area contributed by atoms with E-state index in [2.05, 4.69) is 17.2 Å². The number of nitrogens with one attached hydrogen (secondary N) is 2. The quantitative estimate of drug-likeness (QED) is 0.424. The number of unbranched alkanes of at least 4 members (excludes halogenated alkanes) is 4. The Bertz CT molecular complexity index is 614.